The van der Waals surface area contributed by atoms with Crippen LogP contribution < -0.4 is 0 Å². The molecule has 0 N–H and O–H groups in total. The van der Waals surface area contributed by atoms with Crippen LogP contribution in [0.1, 0.15) is 27.0 Å². The first kappa shape index (κ1) is 19.7. The van der Waals surface area contributed by atoms with Crippen molar-refractivity contribution in [2.45, 2.75) is 5.54 Å². The zero-order valence-electron chi connectivity index (χ0n) is 17.5. The summed E-state index contributed by atoms with van der Waals surface area (Å²) in [7, 11) is 0. The Hall–Kier alpha value is -4.24. The monoisotopic (exact) mass is 414 g/mol. The van der Waals surface area contributed by atoms with Crippen LogP contribution in [0.15, 0.2) is 128 Å². The Kier molecular flexibility index (Phi) is 5.22. The molecule has 0 saturated heterocycles. The van der Waals surface area contributed by atoms with Gasteiger partial charge in [0.15, 0.2) is 6.29 Å². The number of aromatic nitrogens is 2. The van der Waals surface area contributed by atoms with Crippen LogP contribution in [0.25, 0.3) is 11.3 Å². The van der Waals surface area contributed by atoms with E-state index in [1.807, 2.05) is 55.0 Å². The van der Waals surface area contributed by atoms with Crippen molar-refractivity contribution in [2.75, 3.05) is 0 Å². The summed E-state index contributed by atoms with van der Waals surface area (Å²) >= 11 is 0. The van der Waals surface area contributed by atoms with Gasteiger partial charge in [0.05, 0.1) is 18.2 Å². The van der Waals surface area contributed by atoms with Crippen LogP contribution >= 0.6 is 0 Å². The molecular formula is C29H22N2O. The number of carbonyl (C=O) groups excluding carboxylic acids is 1. The summed E-state index contributed by atoms with van der Waals surface area (Å²) in [6, 6.07) is 39.0. The first-order valence-electron chi connectivity index (χ1n) is 10.6. The SMILES string of the molecule is O=Cc1ccccc1-c1cncn1C(c1ccccc1)(c1ccccc1)c1ccccc1. The second-order valence-electron chi connectivity index (χ2n) is 7.66. The molecule has 0 spiro atoms. The predicted molar refractivity (Wildman–Crippen MR) is 128 cm³/mol. The Morgan fingerprint density at radius 3 is 1.59 bits per heavy atom. The second-order valence-corrected chi connectivity index (χ2v) is 7.66. The van der Waals surface area contributed by atoms with Gasteiger partial charge in [0.2, 0.25) is 0 Å². The molecule has 0 aliphatic rings. The standard InChI is InChI=1S/C29H22N2O/c32-21-23-12-10-11-19-27(23)28-20-30-22-31(28)29(24-13-4-1-5-14-24,25-15-6-2-7-16-25)26-17-8-3-9-18-26/h1-22H. The molecule has 0 atom stereocenters. The van der Waals surface area contributed by atoms with Gasteiger partial charge in [0.25, 0.3) is 0 Å². The number of benzene rings is 4. The minimum Gasteiger partial charge on any atom is -0.312 e. The fraction of sp³-hybridized carbons (Fsp3) is 0.0345. The van der Waals surface area contributed by atoms with Crippen molar-refractivity contribution in [3.63, 3.8) is 0 Å². The lowest BCUT2D eigenvalue weighted by molar-refractivity contribution is 0.112. The van der Waals surface area contributed by atoms with Gasteiger partial charge in [-0.25, -0.2) is 4.98 Å². The molecule has 0 bridgehead atoms. The number of hydrogen-bond acceptors (Lipinski definition) is 2. The molecule has 0 aliphatic heterocycles. The molecule has 3 nitrogen and oxygen atoms in total. The molecule has 0 saturated carbocycles. The van der Waals surface area contributed by atoms with Crippen molar-refractivity contribution in [3.05, 3.63) is 150 Å². The van der Waals surface area contributed by atoms with Gasteiger partial charge >= 0.3 is 0 Å². The van der Waals surface area contributed by atoms with E-state index in [-0.39, 0.29) is 0 Å². The number of carbonyl (C=O) groups is 1. The van der Waals surface area contributed by atoms with E-state index in [2.05, 4.69) is 82.3 Å². The molecule has 0 radical (unpaired) electrons. The predicted octanol–water partition coefficient (Wildman–Crippen LogP) is 6.20. The Labute approximate surface area is 187 Å². The van der Waals surface area contributed by atoms with Crippen LogP contribution in [0.5, 0.6) is 0 Å². The molecule has 0 amide bonds. The van der Waals surface area contributed by atoms with Gasteiger partial charge < -0.3 is 4.57 Å². The van der Waals surface area contributed by atoms with Crippen LogP contribution in [0.4, 0.5) is 0 Å². The molecule has 1 heterocycles. The van der Waals surface area contributed by atoms with Crippen molar-refractivity contribution >= 4 is 6.29 Å². The third-order valence-electron chi connectivity index (χ3n) is 5.94. The average molecular weight is 415 g/mol. The third kappa shape index (κ3) is 3.15. The molecule has 154 valence electrons. The zero-order chi connectivity index (χ0) is 21.8. The third-order valence-corrected chi connectivity index (χ3v) is 5.94. The van der Waals surface area contributed by atoms with E-state index >= 15 is 0 Å². The van der Waals surface area contributed by atoms with E-state index in [0.717, 1.165) is 34.2 Å². The van der Waals surface area contributed by atoms with Crippen LogP contribution in [0, 0.1) is 0 Å². The van der Waals surface area contributed by atoms with Crippen LogP contribution in [-0.4, -0.2) is 15.8 Å². The van der Waals surface area contributed by atoms with Crippen molar-refractivity contribution in [2.24, 2.45) is 0 Å². The Balaban J connectivity index is 1.92. The lowest BCUT2D eigenvalue weighted by Gasteiger charge is -2.38. The van der Waals surface area contributed by atoms with E-state index < -0.39 is 5.54 Å². The van der Waals surface area contributed by atoms with Gasteiger partial charge in [-0.05, 0) is 16.7 Å². The molecule has 0 unspecified atom stereocenters. The molecule has 0 aliphatic carbocycles. The summed E-state index contributed by atoms with van der Waals surface area (Å²) in [6.45, 7) is 0. The van der Waals surface area contributed by atoms with Gasteiger partial charge in [-0.2, -0.15) is 0 Å². The number of nitrogens with zero attached hydrogens (tertiary/aromatic N) is 2. The van der Waals surface area contributed by atoms with Gasteiger partial charge in [-0.15, -0.1) is 0 Å². The van der Waals surface area contributed by atoms with E-state index in [0.29, 0.717) is 5.56 Å². The van der Waals surface area contributed by atoms with Crippen molar-refractivity contribution in [1.82, 2.24) is 9.55 Å². The second kappa shape index (κ2) is 8.48. The number of imidazole rings is 1. The van der Waals surface area contributed by atoms with E-state index in [4.69, 9.17) is 0 Å². The number of hydrogen-bond donors (Lipinski definition) is 0. The minimum atomic E-state index is -0.675. The Bertz CT molecular complexity index is 1230. The summed E-state index contributed by atoms with van der Waals surface area (Å²) < 4.78 is 2.19. The van der Waals surface area contributed by atoms with Gasteiger partial charge in [-0.3, -0.25) is 4.79 Å². The summed E-state index contributed by atoms with van der Waals surface area (Å²) in [5, 5.41) is 0. The quantitative estimate of drug-likeness (QED) is 0.245. The maximum atomic E-state index is 11.9. The summed E-state index contributed by atoms with van der Waals surface area (Å²) in [4.78, 5) is 16.4. The lowest BCUT2D eigenvalue weighted by Crippen LogP contribution is -2.37. The summed E-state index contributed by atoms with van der Waals surface area (Å²) in [6.07, 6.45) is 4.61. The zero-order valence-corrected chi connectivity index (χ0v) is 17.5. The highest BCUT2D eigenvalue weighted by molar-refractivity contribution is 5.86. The van der Waals surface area contributed by atoms with E-state index in [1.165, 1.54) is 0 Å². The Morgan fingerprint density at radius 2 is 1.09 bits per heavy atom. The molecule has 4 aromatic carbocycles. The topological polar surface area (TPSA) is 34.9 Å². The normalized spacial score (nSPS) is 11.2. The van der Waals surface area contributed by atoms with Gasteiger partial charge in [-0.1, -0.05) is 115 Å². The first-order valence-corrected chi connectivity index (χ1v) is 10.6. The van der Waals surface area contributed by atoms with Crippen molar-refractivity contribution in [3.8, 4) is 11.3 Å². The van der Waals surface area contributed by atoms with E-state index in [1.54, 1.807) is 0 Å². The molecule has 3 heteroatoms. The van der Waals surface area contributed by atoms with E-state index in [9.17, 15) is 4.79 Å². The maximum Gasteiger partial charge on any atom is 0.150 e. The fourth-order valence-corrected chi connectivity index (χ4v) is 4.55. The largest absolute Gasteiger partial charge is 0.312 e. The first-order chi connectivity index (χ1) is 15.9. The Morgan fingerprint density at radius 1 is 0.625 bits per heavy atom. The number of rotatable bonds is 6. The molecule has 5 aromatic rings. The highest BCUT2D eigenvalue weighted by Gasteiger charge is 2.39. The average Bonchev–Trinajstić information content (AvgIpc) is 3.36. The summed E-state index contributed by atoms with van der Waals surface area (Å²) in [5.74, 6) is 0. The molecule has 32 heavy (non-hydrogen) atoms. The lowest BCUT2D eigenvalue weighted by atomic mass is 9.76. The molecule has 5 rings (SSSR count). The summed E-state index contributed by atoms with van der Waals surface area (Å²) in [5.41, 5.74) is 5.03. The number of aldehydes is 1. The minimum absolute atomic E-state index is 0.636. The maximum absolute atomic E-state index is 11.9. The highest BCUT2D eigenvalue weighted by atomic mass is 16.1. The molecule has 0 fully saturated rings. The molecular weight excluding hydrogens is 392 g/mol. The van der Waals surface area contributed by atoms with Crippen LogP contribution in [0.2, 0.25) is 0 Å². The highest BCUT2D eigenvalue weighted by Crippen LogP contribution is 2.43. The smallest absolute Gasteiger partial charge is 0.150 e. The molecule has 1 aromatic heterocycles. The fourth-order valence-electron chi connectivity index (χ4n) is 4.55. The van der Waals surface area contributed by atoms with Crippen molar-refractivity contribution in [1.29, 1.82) is 0 Å². The van der Waals surface area contributed by atoms with Gasteiger partial charge in [0.1, 0.15) is 5.54 Å². The van der Waals surface area contributed by atoms with Gasteiger partial charge in [0, 0.05) is 11.1 Å². The van der Waals surface area contributed by atoms with Crippen molar-refractivity contribution < 1.29 is 4.79 Å². The van der Waals surface area contributed by atoms with Crippen LogP contribution in [0.3, 0.4) is 0 Å². The van der Waals surface area contributed by atoms with Crippen LogP contribution in [-0.2, 0) is 5.54 Å².